The van der Waals surface area contributed by atoms with Gasteiger partial charge in [-0.3, -0.25) is 4.72 Å². The molecule has 2 heterocycles. The van der Waals surface area contributed by atoms with Gasteiger partial charge in [-0.05, 0) is 66.8 Å². The molecule has 0 radical (unpaired) electrons. The highest BCUT2D eigenvalue weighted by atomic mass is 32.2. The summed E-state index contributed by atoms with van der Waals surface area (Å²) in [6.07, 6.45) is -2.38. The SMILES string of the molecule is O=S(=O)(Nc1ccc(C[C@H]2CC[C@H](C(O)c3ccccc3)N2)cc1)c1ccc(-c2nc(-c3ccc(C(F)(F)F)cc3)cs2)cc1. The summed E-state index contributed by atoms with van der Waals surface area (Å²) in [5, 5.41) is 16.6. The van der Waals surface area contributed by atoms with Gasteiger partial charge in [0.15, 0.2) is 0 Å². The fourth-order valence-corrected chi connectivity index (χ4v) is 7.39. The van der Waals surface area contributed by atoms with Crippen molar-refractivity contribution < 1.29 is 26.7 Å². The molecule has 5 aromatic rings. The maximum atomic E-state index is 13.1. The molecule has 11 heteroatoms. The minimum atomic E-state index is -4.40. The largest absolute Gasteiger partial charge is 0.416 e. The van der Waals surface area contributed by atoms with Crippen LogP contribution in [-0.4, -0.2) is 30.6 Å². The lowest BCUT2D eigenvalue weighted by Crippen LogP contribution is -2.35. The average Bonchev–Trinajstić information content (AvgIpc) is 3.72. The first-order chi connectivity index (χ1) is 21.5. The van der Waals surface area contributed by atoms with Crippen LogP contribution in [0.15, 0.2) is 113 Å². The number of sulfonamides is 1. The first-order valence-corrected chi connectivity index (χ1v) is 16.8. The van der Waals surface area contributed by atoms with Gasteiger partial charge in [0, 0.05) is 34.3 Å². The molecule has 45 heavy (non-hydrogen) atoms. The van der Waals surface area contributed by atoms with Crippen LogP contribution in [0.3, 0.4) is 0 Å². The molecule has 232 valence electrons. The Morgan fingerprint density at radius 2 is 1.56 bits per heavy atom. The van der Waals surface area contributed by atoms with Gasteiger partial charge in [-0.15, -0.1) is 11.3 Å². The smallest absolute Gasteiger partial charge is 0.387 e. The van der Waals surface area contributed by atoms with Crippen LogP contribution < -0.4 is 10.0 Å². The summed E-state index contributed by atoms with van der Waals surface area (Å²) in [5.41, 5.74) is 3.48. The van der Waals surface area contributed by atoms with Gasteiger partial charge < -0.3 is 10.4 Å². The molecule has 4 aromatic carbocycles. The maximum absolute atomic E-state index is 13.1. The molecule has 1 unspecified atom stereocenters. The van der Waals surface area contributed by atoms with E-state index < -0.39 is 27.9 Å². The molecule has 3 N–H and O–H groups in total. The molecular weight excluding hydrogens is 620 g/mol. The van der Waals surface area contributed by atoms with E-state index >= 15 is 0 Å². The van der Waals surface area contributed by atoms with Gasteiger partial charge in [0.05, 0.1) is 22.3 Å². The van der Waals surface area contributed by atoms with E-state index in [9.17, 15) is 26.7 Å². The number of benzene rings is 4. The first kappa shape index (κ1) is 31.0. The number of rotatable bonds is 9. The molecule has 0 aliphatic carbocycles. The summed E-state index contributed by atoms with van der Waals surface area (Å²) in [5.74, 6) is 0. The maximum Gasteiger partial charge on any atom is 0.416 e. The van der Waals surface area contributed by atoms with Crippen LogP contribution in [0.25, 0.3) is 21.8 Å². The average molecular weight is 650 g/mol. The number of nitrogens with one attached hydrogen (secondary N) is 2. The van der Waals surface area contributed by atoms with E-state index in [2.05, 4.69) is 15.0 Å². The van der Waals surface area contributed by atoms with Crippen LogP contribution in [0, 0.1) is 0 Å². The fourth-order valence-electron chi connectivity index (χ4n) is 5.50. The highest BCUT2D eigenvalue weighted by Crippen LogP contribution is 2.33. The zero-order valence-corrected chi connectivity index (χ0v) is 25.5. The first-order valence-electron chi connectivity index (χ1n) is 14.4. The second-order valence-electron chi connectivity index (χ2n) is 11.0. The van der Waals surface area contributed by atoms with E-state index in [0.29, 0.717) is 27.5 Å². The van der Waals surface area contributed by atoms with Gasteiger partial charge in [0.1, 0.15) is 5.01 Å². The van der Waals surface area contributed by atoms with Gasteiger partial charge in [0.2, 0.25) is 0 Å². The van der Waals surface area contributed by atoms with E-state index in [1.807, 2.05) is 42.5 Å². The van der Waals surface area contributed by atoms with Crippen LogP contribution in [0.4, 0.5) is 18.9 Å². The molecule has 0 amide bonds. The Labute approximate surface area is 263 Å². The molecule has 6 rings (SSSR count). The number of anilines is 1. The minimum absolute atomic E-state index is 0.00782. The van der Waals surface area contributed by atoms with Gasteiger partial charge in [-0.25, -0.2) is 13.4 Å². The molecule has 0 bridgehead atoms. The quantitative estimate of drug-likeness (QED) is 0.152. The second kappa shape index (κ2) is 12.8. The Morgan fingerprint density at radius 1 is 0.889 bits per heavy atom. The molecule has 0 saturated carbocycles. The Bertz CT molecular complexity index is 1840. The summed E-state index contributed by atoms with van der Waals surface area (Å²) in [6.45, 7) is 0. The molecule has 1 fully saturated rings. The predicted molar refractivity (Wildman–Crippen MR) is 170 cm³/mol. The van der Waals surface area contributed by atoms with E-state index in [1.165, 1.54) is 35.6 Å². The van der Waals surface area contributed by atoms with E-state index in [-0.39, 0.29) is 17.0 Å². The van der Waals surface area contributed by atoms with Crippen LogP contribution in [0.5, 0.6) is 0 Å². The molecular formula is C34H30F3N3O3S2. The minimum Gasteiger partial charge on any atom is -0.387 e. The lowest BCUT2D eigenvalue weighted by molar-refractivity contribution is -0.137. The van der Waals surface area contributed by atoms with E-state index in [0.717, 1.165) is 42.5 Å². The zero-order chi connectivity index (χ0) is 31.6. The van der Waals surface area contributed by atoms with Crippen molar-refractivity contribution in [3.05, 3.63) is 125 Å². The zero-order valence-electron chi connectivity index (χ0n) is 23.9. The summed E-state index contributed by atoms with van der Waals surface area (Å²) >= 11 is 1.32. The third-order valence-corrected chi connectivity index (χ3v) is 10.2. The van der Waals surface area contributed by atoms with Crippen molar-refractivity contribution in [1.82, 2.24) is 10.3 Å². The molecule has 1 aliphatic rings. The summed E-state index contributed by atoms with van der Waals surface area (Å²) in [6, 6.07) is 28.3. The number of hydrogen-bond donors (Lipinski definition) is 3. The van der Waals surface area contributed by atoms with Crippen LogP contribution in [0.1, 0.15) is 35.6 Å². The second-order valence-corrected chi connectivity index (χ2v) is 13.6. The number of halogens is 3. The number of thiazole rings is 1. The number of nitrogens with zero attached hydrogens (tertiary/aromatic N) is 1. The Kier molecular flexibility index (Phi) is 8.78. The molecule has 1 aliphatic heterocycles. The Morgan fingerprint density at radius 3 is 2.22 bits per heavy atom. The normalized spacial score (nSPS) is 17.7. The van der Waals surface area contributed by atoms with Crippen LogP contribution in [0.2, 0.25) is 0 Å². The number of aliphatic hydroxyl groups is 1. The number of hydrogen-bond acceptors (Lipinski definition) is 6. The third kappa shape index (κ3) is 7.28. The number of aromatic nitrogens is 1. The monoisotopic (exact) mass is 649 g/mol. The van der Waals surface area contributed by atoms with Gasteiger partial charge in [0.25, 0.3) is 10.0 Å². The third-order valence-electron chi connectivity index (χ3n) is 7.91. The standard InChI is InChI=1S/C34H30F3N3O3S2/c35-34(36,37)26-12-8-23(9-13-26)31-21-44-33(39-31)25-10-17-29(18-11-25)45(42,43)40-27-14-6-22(7-15-27)20-28-16-19-30(38-28)32(41)24-4-2-1-3-5-24/h1-15,17-18,21,28,30,32,38,40-41H,16,19-20H2/t28-,30-,32?/m1/s1. The van der Waals surface area contributed by atoms with Gasteiger partial charge >= 0.3 is 6.18 Å². The fraction of sp³-hybridized carbons (Fsp3) is 0.206. The van der Waals surface area contributed by atoms with Crippen LogP contribution >= 0.6 is 11.3 Å². The van der Waals surface area contributed by atoms with Gasteiger partial charge in [-0.1, -0.05) is 66.7 Å². The van der Waals surface area contributed by atoms with Crippen molar-refractivity contribution in [3.63, 3.8) is 0 Å². The van der Waals surface area contributed by atoms with Gasteiger partial charge in [-0.2, -0.15) is 13.2 Å². The molecule has 1 aromatic heterocycles. The summed E-state index contributed by atoms with van der Waals surface area (Å²) < 4.78 is 67.4. The van der Waals surface area contributed by atoms with E-state index in [4.69, 9.17) is 0 Å². The summed E-state index contributed by atoms with van der Waals surface area (Å²) in [4.78, 5) is 4.62. The van der Waals surface area contributed by atoms with Crippen molar-refractivity contribution in [3.8, 4) is 21.8 Å². The van der Waals surface area contributed by atoms with Crippen molar-refractivity contribution in [2.24, 2.45) is 0 Å². The van der Waals surface area contributed by atoms with Crippen molar-refractivity contribution in [1.29, 1.82) is 0 Å². The lowest BCUT2D eigenvalue weighted by atomic mass is 10.0. The lowest BCUT2D eigenvalue weighted by Gasteiger charge is -2.20. The predicted octanol–water partition coefficient (Wildman–Crippen LogP) is 7.69. The van der Waals surface area contributed by atoms with Crippen molar-refractivity contribution >= 4 is 27.0 Å². The molecule has 3 atom stereocenters. The summed E-state index contributed by atoms with van der Waals surface area (Å²) in [7, 11) is -3.84. The van der Waals surface area contributed by atoms with Crippen molar-refractivity contribution in [2.45, 2.75) is 48.5 Å². The Balaban J connectivity index is 1.05. The van der Waals surface area contributed by atoms with Crippen LogP contribution in [-0.2, 0) is 22.6 Å². The molecule has 6 nitrogen and oxygen atoms in total. The number of alkyl halides is 3. The topological polar surface area (TPSA) is 91.3 Å². The highest BCUT2D eigenvalue weighted by Gasteiger charge is 2.31. The van der Waals surface area contributed by atoms with E-state index in [1.54, 1.807) is 29.6 Å². The number of aliphatic hydroxyl groups excluding tert-OH is 1. The van der Waals surface area contributed by atoms with Crippen molar-refractivity contribution in [2.75, 3.05) is 4.72 Å². The Hall–Kier alpha value is -4.03. The molecule has 1 saturated heterocycles. The highest BCUT2D eigenvalue weighted by molar-refractivity contribution is 7.92. The molecule has 0 spiro atoms.